The number of nitrogens with one attached hydrogen (secondary N) is 2. The molecule has 2 N–H and O–H groups in total. The highest BCUT2D eigenvalue weighted by molar-refractivity contribution is 9.10. The fourth-order valence-corrected chi connectivity index (χ4v) is 1.58. The highest BCUT2D eigenvalue weighted by atomic mass is 79.9. The van der Waals surface area contributed by atoms with Gasteiger partial charge in [0.15, 0.2) is 0 Å². The lowest BCUT2D eigenvalue weighted by Gasteiger charge is -2.12. The van der Waals surface area contributed by atoms with Crippen LogP contribution < -0.4 is 15.4 Å². The van der Waals surface area contributed by atoms with Crippen LogP contribution in [0, 0.1) is 0 Å². The Morgan fingerprint density at radius 2 is 1.89 bits per heavy atom. The highest BCUT2D eigenvalue weighted by Gasteiger charge is 2.00. The zero-order valence-corrected chi connectivity index (χ0v) is 12.9. The van der Waals surface area contributed by atoms with E-state index in [1.807, 2.05) is 24.3 Å². The second-order valence-electron chi connectivity index (χ2n) is 4.18. The monoisotopic (exact) mass is 329 g/mol. The number of urea groups is 1. The normalized spacial score (nSPS) is 10.1. The topological polar surface area (TPSA) is 53.6 Å². The summed E-state index contributed by atoms with van der Waals surface area (Å²) in [4.78, 5) is 12.7. The standard InChI is InChI=1S/C13H20BrN3O2/c1-17(2)13(18)16-8-7-15-9-10-19-12-5-3-11(14)4-6-12/h3-6,15H,7-10H2,1-2H3,(H,16,18). The molecule has 0 spiro atoms. The van der Waals surface area contributed by atoms with Gasteiger partial charge in [-0.2, -0.15) is 0 Å². The van der Waals surface area contributed by atoms with Crippen molar-refractivity contribution >= 4 is 22.0 Å². The van der Waals surface area contributed by atoms with Gasteiger partial charge >= 0.3 is 6.03 Å². The van der Waals surface area contributed by atoms with Gasteiger partial charge in [0.05, 0.1) is 0 Å². The second kappa shape index (κ2) is 8.77. The number of amides is 2. The third-order valence-corrected chi connectivity index (χ3v) is 2.87. The smallest absolute Gasteiger partial charge is 0.316 e. The molecule has 0 unspecified atom stereocenters. The number of hydrogen-bond donors (Lipinski definition) is 2. The maximum atomic E-state index is 11.2. The highest BCUT2D eigenvalue weighted by Crippen LogP contribution is 2.15. The predicted molar refractivity (Wildman–Crippen MR) is 79.6 cm³/mol. The molecular weight excluding hydrogens is 310 g/mol. The van der Waals surface area contributed by atoms with Gasteiger partial charge in [-0.25, -0.2) is 4.79 Å². The SMILES string of the molecule is CN(C)C(=O)NCCNCCOc1ccc(Br)cc1. The molecule has 0 saturated heterocycles. The molecule has 0 saturated carbocycles. The Morgan fingerprint density at radius 3 is 2.53 bits per heavy atom. The average molecular weight is 330 g/mol. The lowest BCUT2D eigenvalue weighted by atomic mass is 10.3. The van der Waals surface area contributed by atoms with Crippen molar-refractivity contribution in [2.75, 3.05) is 40.3 Å². The molecule has 0 heterocycles. The minimum absolute atomic E-state index is 0.0760. The Balaban J connectivity index is 2.00. The van der Waals surface area contributed by atoms with Crippen molar-refractivity contribution in [2.24, 2.45) is 0 Å². The Labute approximate surface area is 122 Å². The number of hydrogen-bond acceptors (Lipinski definition) is 3. The van der Waals surface area contributed by atoms with E-state index in [9.17, 15) is 4.79 Å². The van der Waals surface area contributed by atoms with Crippen LogP contribution >= 0.6 is 15.9 Å². The largest absolute Gasteiger partial charge is 0.492 e. The Bertz CT molecular complexity index is 382. The third kappa shape index (κ3) is 7.03. The van der Waals surface area contributed by atoms with Crippen molar-refractivity contribution in [1.82, 2.24) is 15.5 Å². The predicted octanol–water partition coefficient (Wildman–Crippen LogP) is 1.69. The summed E-state index contributed by atoms with van der Waals surface area (Å²) in [5, 5.41) is 5.97. The van der Waals surface area contributed by atoms with E-state index in [0.29, 0.717) is 13.2 Å². The van der Waals surface area contributed by atoms with E-state index < -0.39 is 0 Å². The van der Waals surface area contributed by atoms with E-state index in [1.54, 1.807) is 14.1 Å². The molecule has 106 valence electrons. The van der Waals surface area contributed by atoms with E-state index in [4.69, 9.17) is 4.74 Å². The van der Waals surface area contributed by atoms with Crippen LogP contribution in [0.2, 0.25) is 0 Å². The molecule has 1 rings (SSSR count). The zero-order valence-electron chi connectivity index (χ0n) is 11.3. The van der Waals surface area contributed by atoms with Gasteiger partial charge in [0, 0.05) is 38.2 Å². The molecule has 19 heavy (non-hydrogen) atoms. The molecule has 0 atom stereocenters. The summed E-state index contributed by atoms with van der Waals surface area (Å²) in [7, 11) is 3.43. The van der Waals surface area contributed by atoms with Crippen LogP contribution in [0.5, 0.6) is 5.75 Å². The molecule has 1 aromatic carbocycles. The Morgan fingerprint density at radius 1 is 1.21 bits per heavy atom. The third-order valence-electron chi connectivity index (χ3n) is 2.35. The quantitative estimate of drug-likeness (QED) is 0.748. The van der Waals surface area contributed by atoms with Crippen LogP contribution in [0.3, 0.4) is 0 Å². The first-order valence-electron chi connectivity index (χ1n) is 6.14. The van der Waals surface area contributed by atoms with Gasteiger partial charge < -0.3 is 20.3 Å². The first kappa shape index (κ1) is 15.8. The molecule has 0 aliphatic rings. The molecule has 0 fully saturated rings. The van der Waals surface area contributed by atoms with Crippen molar-refractivity contribution < 1.29 is 9.53 Å². The van der Waals surface area contributed by atoms with Crippen LogP contribution in [0.25, 0.3) is 0 Å². The molecule has 5 nitrogen and oxygen atoms in total. The fraction of sp³-hybridized carbons (Fsp3) is 0.462. The second-order valence-corrected chi connectivity index (χ2v) is 5.09. The van der Waals surface area contributed by atoms with Gasteiger partial charge in [-0.05, 0) is 24.3 Å². The first-order valence-corrected chi connectivity index (χ1v) is 6.93. The number of carbonyl (C=O) groups excluding carboxylic acids is 1. The van der Waals surface area contributed by atoms with E-state index in [-0.39, 0.29) is 6.03 Å². The number of carbonyl (C=O) groups is 1. The number of benzene rings is 1. The summed E-state index contributed by atoms with van der Waals surface area (Å²) in [5.41, 5.74) is 0. The van der Waals surface area contributed by atoms with Crippen molar-refractivity contribution in [1.29, 1.82) is 0 Å². The van der Waals surface area contributed by atoms with Crippen molar-refractivity contribution in [3.05, 3.63) is 28.7 Å². The maximum Gasteiger partial charge on any atom is 0.316 e. The number of rotatable bonds is 7. The zero-order chi connectivity index (χ0) is 14.1. The van der Waals surface area contributed by atoms with Gasteiger partial charge in [0.2, 0.25) is 0 Å². The summed E-state index contributed by atoms with van der Waals surface area (Å²) < 4.78 is 6.58. The molecule has 0 aliphatic carbocycles. The summed E-state index contributed by atoms with van der Waals surface area (Å²) in [6, 6.07) is 7.65. The van der Waals surface area contributed by atoms with Crippen LogP contribution in [0.15, 0.2) is 28.7 Å². The maximum absolute atomic E-state index is 11.2. The lowest BCUT2D eigenvalue weighted by molar-refractivity contribution is 0.217. The molecule has 0 radical (unpaired) electrons. The molecular formula is C13H20BrN3O2. The van der Waals surface area contributed by atoms with Gasteiger partial charge in [0.25, 0.3) is 0 Å². The molecule has 0 aliphatic heterocycles. The number of halogens is 1. The van der Waals surface area contributed by atoms with Gasteiger partial charge in [-0.1, -0.05) is 15.9 Å². The number of ether oxygens (including phenoxy) is 1. The summed E-state index contributed by atoms with van der Waals surface area (Å²) in [6.45, 7) is 2.68. The lowest BCUT2D eigenvalue weighted by Crippen LogP contribution is -2.39. The van der Waals surface area contributed by atoms with Crippen molar-refractivity contribution in [2.45, 2.75) is 0 Å². The molecule has 1 aromatic rings. The summed E-state index contributed by atoms with van der Waals surface area (Å²) in [5.74, 6) is 0.853. The van der Waals surface area contributed by atoms with Crippen LogP contribution in [0.1, 0.15) is 0 Å². The van der Waals surface area contributed by atoms with Crippen molar-refractivity contribution in [3.8, 4) is 5.75 Å². The summed E-state index contributed by atoms with van der Waals surface area (Å²) >= 11 is 3.37. The van der Waals surface area contributed by atoms with Crippen LogP contribution in [-0.4, -0.2) is 51.3 Å². The van der Waals surface area contributed by atoms with Gasteiger partial charge in [-0.3, -0.25) is 0 Å². The van der Waals surface area contributed by atoms with Crippen LogP contribution in [-0.2, 0) is 0 Å². The minimum atomic E-state index is -0.0760. The molecule has 2 amide bonds. The molecule has 6 heteroatoms. The van der Waals surface area contributed by atoms with Crippen LogP contribution in [0.4, 0.5) is 4.79 Å². The minimum Gasteiger partial charge on any atom is -0.492 e. The van der Waals surface area contributed by atoms with E-state index >= 15 is 0 Å². The fourth-order valence-electron chi connectivity index (χ4n) is 1.31. The first-order chi connectivity index (χ1) is 9.09. The van der Waals surface area contributed by atoms with Gasteiger partial charge in [0.1, 0.15) is 12.4 Å². The Hall–Kier alpha value is -1.27. The van der Waals surface area contributed by atoms with Gasteiger partial charge in [-0.15, -0.1) is 0 Å². The Kier molecular flexibility index (Phi) is 7.28. The van der Waals surface area contributed by atoms with E-state index in [1.165, 1.54) is 4.90 Å². The summed E-state index contributed by atoms with van der Waals surface area (Å²) in [6.07, 6.45) is 0. The molecule has 0 aromatic heterocycles. The van der Waals surface area contributed by atoms with E-state index in [2.05, 4.69) is 26.6 Å². The molecule has 0 bridgehead atoms. The van der Waals surface area contributed by atoms with E-state index in [0.717, 1.165) is 23.3 Å². The van der Waals surface area contributed by atoms with Crippen molar-refractivity contribution in [3.63, 3.8) is 0 Å². The number of nitrogens with zero attached hydrogens (tertiary/aromatic N) is 1. The average Bonchev–Trinajstić information content (AvgIpc) is 2.39.